The second-order valence-electron chi connectivity index (χ2n) is 10.5. The summed E-state index contributed by atoms with van der Waals surface area (Å²) in [6, 6.07) is 3.62. The molecule has 0 radical (unpaired) electrons. The fourth-order valence-corrected chi connectivity index (χ4v) is 2.68. The average Bonchev–Trinajstić information content (AvgIpc) is 2.87. The molecule has 1 rings (SSSR count). The minimum atomic E-state index is -1.05. The highest BCUT2D eigenvalue weighted by Gasteiger charge is 2.31. The molecule has 2 atom stereocenters. The van der Waals surface area contributed by atoms with Gasteiger partial charge in [0, 0.05) is 0 Å². The number of rotatable bonds is 14. The molecule has 1 aromatic rings. The molecule has 0 amide bonds. The number of nitrogens with two attached hydrogens (primary N) is 1. The molecule has 0 aliphatic carbocycles. The molecule has 0 aliphatic heterocycles. The summed E-state index contributed by atoms with van der Waals surface area (Å²) >= 11 is 0. The fraction of sp³-hybridized carbons (Fsp3) is 0.643. The lowest BCUT2D eigenvalue weighted by molar-refractivity contribution is -0.152. The first-order valence-corrected chi connectivity index (χ1v) is 13.0. The third-order valence-corrected chi connectivity index (χ3v) is 6.22. The lowest BCUT2D eigenvalue weighted by Crippen LogP contribution is -2.37. The molecular formula is C28H43NO9. The van der Waals surface area contributed by atoms with Gasteiger partial charge >= 0.3 is 24.1 Å². The highest BCUT2D eigenvalue weighted by atomic mass is 16.7. The average molecular weight is 538 g/mol. The Kier molecular flexibility index (Phi) is 12.7. The van der Waals surface area contributed by atoms with Crippen LogP contribution in [0.3, 0.4) is 0 Å². The van der Waals surface area contributed by atoms with Crippen LogP contribution in [0.1, 0.15) is 80.2 Å². The predicted octanol–water partition coefficient (Wildman–Crippen LogP) is 4.73. The molecule has 0 aromatic heterocycles. The van der Waals surface area contributed by atoms with Crippen LogP contribution in [0.15, 0.2) is 18.2 Å². The summed E-state index contributed by atoms with van der Waals surface area (Å²) in [6.07, 6.45) is 0.239. The number of ether oxygens (including phenoxy) is 5. The highest BCUT2D eigenvalue weighted by Crippen LogP contribution is 2.34. The number of carbonyl (C=O) groups excluding carboxylic acids is 4. The normalized spacial score (nSPS) is 13.2. The number of benzene rings is 1. The largest absolute Gasteiger partial charge is 0.508 e. The molecule has 10 nitrogen and oxygen atoms in total. The van der Waals surface area contributed by atoms with Crippen LogP contribution in [0, 0.1) is 10.8 Å². The van der Waals surface area contributed by atoms with Gasteiger partial charge < -0.3 is 29.4 Å². The van der Waals surface area contributed by atoms with E-state index in [1.165, 1.54) is 12.1 Å². The van der Waals surface area contributed by atoms with E-state index in [9.17, 15) is 19.2 Å². The molecule has 0 unspecified atom stereocenters. The van der Waals surface area contributed by atoms with Gasteiger partial charge in [0.25, 0.3) is 0 Å². The molecule has 214 valence electrons. The van der Waals surface area contributed by atoms with Gasteiger partial charge in [-0.1, -0.05) is 26.8 Å². The Morgan fingerprint density at radius 3 is 1.95 bits per heavy atom. The van der Waals surface area contributed by atoms with Gasteiger partial charge in [0.05, 0.1) is 17.4 Å². The Morgan fingerprint density at radius 1 is 0.868 bits per heavy atom. The van der Waals surface area contributed by atoms with Crippen molar-refractivity contribution < 1.29 is 42.9 Å². The Balaban J connectivity index is 2.99. The first kappa shape index (κ1) is 32.9. The maximum Gasteiger partial charge on any atom is 0.508 e. The lowest BCUT2D eigenvalue weighted by Gasteiger charge is -2.23. The fourth-order valence-electron chi connectivity index (χ4n) is 2.68. The zero-order chi connectivity index (χ0) is 29.1. The van der Waals surface area contributed by atoms with Crippen molar-refractivity contribution in [1.82, 2.24) is 0 Å². The summed E-state index contributed by atoms with van der Waals surface area (Å²) in [6.45, 7) is 14.3. The van der Waals surface area contributed by atoms with Crippen molar-refractivity contribution in [2.45, 2.75) is 93.2 Å². The lowest BCUT2D eigenvalue weighted by atomic mass is 9.90. The van der Waals surface area contributed by atoms with Crippen LogP contribution < -0.4 is 15.2 Å². The number of hydrogen-bond acceptors (Lipinski definition) is 10. The van der Waals surface area contributed by atoms with Crippen LogP contribution in [0.4, 0.5) is 4.79 Å². The van der Waals surface area contributed by atoms with Gasteiger partial charge in [0.2, 0.25) is 0 Å². The van der Waals surface area contributed by atoms with Gasteiger partial charge in [0.1, 0.15) is 18.8 Å². The summed E-state index contributed by atoms with van der Waals surface area (Å²) in [4.78, 5) is 49.4. The standard InChI is InChI=1S/C28H43NO9/c1-9-14-34-26(33)35-17-18(4)36-23(30)20(29)15-19-12-13-21(37-24(31)27(5,6)10-2)22(16-19)38-25(32)28(7,8)11-3/h12-13,16,18,20H,9-11,14-15,17,29H2,1-8H3/t18-,20-/m0/s1. The maximum absolute atomic E-state index is 12.8. The van der Waals surface area contributed by atoms with E-state index in [0.717, 1.165) is 0 Å². The van der Waals surface area contributed by atoms with Gasteiger partial charge in [-0.05, 0) is 78.0 Å². The van der Waals surface area contributed by atoms with Crippen molar-refractivity contribution in [2.24, 2.45) is 16.6 Å². The van der Waals surface area contributed by atoms with E-state index in [1.807, 2.05) is 20.8 Å². The minimum absolute atomic E-state index is 0.0569. The molecule has 38 heavy (non-hydrogen) atoms. The zero-order valence-electron chi connectivity index (χ0n) is 23.9. The van der Waals surface area contributed by atoms with E-state index in [0.29, 0.717) is 24.8 Å². The Hall–Kier alpha value is -3.14. The third kappa shape index (κ3) is 10.3. The molecular weight excluding hydrogens is 494 g/mol. The van der Waals surface area contributed by atoms with Crippen molar-refractivity contribution in [3.8, 4) is 11.5 Å². The Labute approximate surface area is 225 Å². The summed E-state index contributed by atoms with van der Waals surface area (Å²) < 4.78 is 26.2. The van der Waals surface area contributed by atoms with Crippen LogP contribution in [-0.2, 0) is 35.0 Å². The molecule has 0 bridgehead atoms. The Bertz CT molecular complexity index is 971. The summed E-state index contributed by atoms with van der Waals surface area (Å²) in [5.41, 5.74) is 5.12. The predicted molar refractivity (Wildman–Crippen MR) is 141 cm³/mol. The van der Waals surface area contributed by atoms with Crippen LogP contribution >= 0.6 is 0 Å². The van der Waals surface area contributed by atoms with Gasteiger partial charge in [-0.3, -0.25) is 14.4 Å². The second-order valence-corrected chi connectivity index (χ2v) is 10.5. The van der Waals surface area contributed by atoms with Gasteiger partial charge in [-0.25, -0.2) is 4.79 Å². The molecule has 10 heteroatoms. The van der Waals surface area contributed by atoms with Crippen molar-refractivity contribution in [2.75, 3.05) is 13.2 Å². The monoisotopic (exact) mass is 537 g/mol. The molecule has 0 aliphatic rings. The zero-order valence-corrected chi connectivity index (χ0v) is 23.9. The van der Waals surface area contributed by atoms with Crippen molar-refractivity contribution in [3.05, 3.63) is 23.8 Å². The molecule has 0 heterocycles. The molecule has 0 saturated heterocycles. The summed E-state index contributed by atoms with van der Waals surface area (Å²) in [5.74, 6) is -1.50. The maximum atomic E-state index is 12.8. The van der Waals surface area contributed by atoms with Crippen molar-refractivity contribution >= 4 is 24.1 Å². The van der Waals surface area contributed by atoms with E-state index in [4.69, 9.17) is 29.4 Å². The number of esters is 3. The van der Waals surface area contributed by atoms with E-state index >= 15 is 0 Å². The number of carbonyl (C=O) groups is 4. The first-order valence-electron chi connectivity index (χ1n) is 13.0. The smallest absolute Gasteiger partial charge is 0.458 e. The third-order valence-electron chi connectivity index (χ3n) is 6.22. The SMILES string of the molecule is CCCOC(=O)OC[C@H](C)OC(=O)[C@@H](N)Cc1ccc(OC(=O)C(C)(C)CC)c(OC(=O)C(C)(C)CC)c1. The second kappa shape index (κ2) is 14.7. The first-order chi connectivity index (χ1) is 17.7. The van der Waals surface area contributed by atoms with Gasteiger partial charge in [-0.15, -0.1) is 0 Å². The van der Waals surface area contributed by atoms with E-state index in [-0.39, 0.29) is 31.1 Å². The number of hydrogen-bond donors (Lipinski definition) is 1. The summed E-state index contributed by atoms with van der Waals surface area (Å²) in [5, 5.41) is 0. The van der Waals surface area contributed by atoms with Gasteiger partial charge in [-0.2, -0.15) is 0 Å². The van der Waals surface area contributed by atoms with Crippen molar-refractivity contribution in [1.29, 1.82) is 0 Å². The molecule has 0 fully saturated rings. The molecule has 1 aromatic carbocycles. The van der Waals surface area contributed by atoms with Gasteiger partial charge in [0.15, 0.2) is 11.5 Å². The quantitative estimate of drug-likeness (QED) is 0.261. The molecule has 0 saturated carbocycles. The van der Waals surface area contributed by atoms with Crippen LogP contribution in [0.2, 0.25) is 0 Å². The molecule has 2 N–H and O–H groups in total. The minimum Gasteiger partial charge on any atom is -0.458 e. The van der Waals surface area contributed by atoms with E-state index in [1.54, 1.807) is 40.7 Å². The summed E-state index contributed by atoms with van der Waals surface area (Å²) in [7, 11) is 0. The van der Waals surface area contributed by atoms with E-state index < -0.39 is 47.0 Å². The topological polar surface area (TPSA) is 140 Å². The van der Waals surface area contributed by atoms with Crippen LogP contribution in [-0.4, -0.2) is 49.4 Å². The molecule has 0 spiro atoms. The Morgan fingerprint density at radius 2 is 1.42 bits per heavy atom. The van der Waals surface area contributed by atoms with Crippen LogP contribution in [0.25, 0.3) is 0 Å². The van der Waals surface area contributed by atoms with Crippen molar-refractivity contribution in [3.63, 3.8) is 0 Å². The van der Waals surface area contributed by atoms with E-state index in [2.05, 4.69) is 0 Å². The van der Waals surface area contributed by atoms with Crippen LogP contribution in [0.5, 0.6) is 11.5 Å². The highest BCUT2D eigenvalue weighted by molar-refractivity contribution is 5.81.